The number of nitriles is 1. The summed E-state index contributed by atoms with van der Waals surface area (Å²) in [5.41, 5.74) is 5.08. The molecule has 2 heterocycles. The number of benzene rings is 3. The third-order valence-electron chi connectivity index (χ3n) is 6.05. The molecule has 1 unspecified atom stereocenters. The van der Waals surface area contributed by atoms with E-state index in [0.717, 1.165) is 6.07 Å². The van der Waals surface area contributed by atoms with Gasteiger partial charge < -0.3 is 19.6 Å². The Balaban J connectivity index is 1.80. The molecular weight excluding hydrogens is 473 g/mol. The van der Waals surface area contributed by atoms with E-state index in [0.29, 0.717) is 10.9 Å². The van der Waals surface area contributed by atoms with Crippen LogP contribution in [0.1, 0.15) is 22.6 Å². The van der Waals surface area contributed by atoms with Gasteiger partial charge in [0.2, 0.25) is 5.88 Å². The summed E-state index contributed by atoms with van der Waals surface area (Å²) in [7, 11) is 1.35. The first kappa shape index (κ1) is 23.1. The minimum absolute atomic E-state index is 0.0275. The van der Waals surface area contributed by atoms with Crippen LogP contribution in [0.5, 0.6) is 11.5 Å². The summed E-state index contributed by atoms with van der Waals surface area (Å²) in [4.78, 5) is 13.1. The number of hydrogen-bond donors (Lipinski definition) is 1. The fraction of sp³-hybridized carbons (Fsp3) is 0.111. The second-order valence-electron chi connectivity index (χ2n) is 8.06. The molecule has 1 atom stereocenters. The fourth-order valence-electron chi connectivity index (χ4n) is 4.48. The van der Waals surface area contributed by atoms with Crippen molar-refractivity contribution in [2.45, 2.75) is 12.1 Å². The van der Waals surface area contributed by atoms with Crippen molar-refractivity contribution in [1.82, 2.24) is 0 Å². The van der Waals surface area contributed by atoms with Gasteiger partial charge in [0.05, 0.1) is 29.5 Å². The lowest BCUT2D eigenvalue weighted by atomic mass is 9.82. The van der Waals surface area contributed by atoms with Gasteiger partial charge in [-0.05, 0) is 41.5 Å². The molecule has 9 heteroatoms. The molecule has 0 saturated heterocycles. The number of rotatable bonds is 3. The predicted molar refractivity (Wildman–Crippen MR) is 125 cm³/mol. The summed E-state index contributed by atoms with van der Waals surface area (Å²) in [5.74, 6) is -0.929. The smallest absolute Gasteiger partial charge is 0.417 e. The van der Waals surface area contributed by atoms with Crippen LogP contribution in [0.3, 0.4) is 0 Å². The van der Waals surface area contributed by atoms with E-state index in [2.05, 4.69) is 0 Å². The number of alkyl halides is 3. The lowest BCUT2D eigenvalue weighted by Crippen LogP contribution is -2.26. The lowest BCUT2D eigenvalue weighted by molar-refractivity contribution is -0.137. The van der Waals surface area contributed by atoms with Crippen LogP contribution in [0.15, 0.2) is 87.4 Å². The largest absolute Gasteiger partial charge is 0.496 e. The molecule has 180 valence electrons. The SMILES string of the molecule is COc1ccc(C2C(C#N)=C(N)Oc3c2c(=O)oc2ccccc32)cc1-c1ccccc1C(F)(F)F. The molecular formula is C27H17F3N2O4. The molecule has 6 nitrogen and oxygen atoms in total. The average molecular weight is 490 g/mol. The Morgan fingerprint density at radius 3 is 2.47 bits per heavy atom. The van der Waals surface area contributed by atoms with Crippen LogP contribution in [0.2, 0.25) is 0 Å². The van der Waals surface area contributed by atoms with Gasteiger partial charge in [-0.25, -0.2) is 4.79 Å². The molecule has 4 aromatic rings. The van der Waals surface area contributed by atoms with Crippen LogP contribution in [0.4, 0.5) is 13.2 Å². The van der Waals surface area contributed by atoms with Crippen LogP contribution in [-0.4, -0.2) is 7.11 Å². The molecule has 0 bridgehead atoms. The van der Waals surface area contributed by atoms with Crippen molar-refractivity contribution in [3.8, 4) is 28.7 Å². The summed E-state index contributed by atoms with van der Waals surface area (Å²) in [6.45, 7) is 0. The van der Waals surface area contributed by atoms with Crippen LogP contribution in [0.25, 0.3) is 22.1 Å². The molecule has 0 aliphatic carbocycles. The minimum Gasteiger partial charge on any atom is -0.496 e. The highest BCUT2D eigenvalue weighted by Crippen LogP contribution is 2.46. The van der Waals surface area contributed by atoms with Crippen LogP contribution in [-0.2, 0) is 6.18 Å². The van der Waals surface area contributed by atoms with Crippen molar-refractivity contribution in [2.24, 2.45) is 5.73 Å². The van der Waals surface area contributed by atoms with Gasteiger partial charge in [0.25, 0.3) is 0 Å². The number of ether oxygens (including phenoxy) is 2. The molecule has 1 aliphatic rings. The highest BCUT2D eigenvalue weighted by atomic mass is 19.4. The second kappa shape index (κ2) is 8.50. The third-order valence-corrected chi connectivity index (χ3v) is 6.05. The van der Waals surface area contributed by atoms with Crippen LogP contribution in [0, 0.1) is 11.3 Å². The molecule has 2 N–H and O–H groups in total. The van der Waals surface area contributed by atoms with E-state index in [4.69, 9.17) is 19.6 Å². The van der Waals surface area contributed by atoms with Crippen molar-refractivity contribution < 1.29 is 27.1 Å². The highest BCUT2D eigenvalue weighted by Gasteiger charge is 2.37. The molecule has 0 fully saturated rings. The van der Waals surface area contributed by atoms with E-state index in [1.54, 1.807) is 30.3 Å². The number of allylic oxidation sites excluding steroid dienone is 1. The number of halogens is 3. The summed E-state index contributed by atoms with van der Waals surface area (Å²) < 4.78 is 58.0. The zero-order chi connectivity index (χ0) is 25.6. The molecule has 5 rings (SSSR count). The summed E-state index contributed by atoms with van der Waals surface area (Å²) in [6, 6.07) is 18.3. The standard InChI is InChI=1S/C27H17F3N2O4/c1-34-20-11-10-14(12-17(20)15-6-2-4-8-19(15)27(28,29)30)22-18(13-31)25(32)36-24-16-7-3-5-9-21(16)35-26(33)23(22)24/h2-12,22H,32H2,1H3. The Morgan fingerprint density at radius 1 is 1.03 bits per heavy atom. The van der Waals surface area contributed by atoms with E-state index in [-0.39, 0.29) is 45.2 Å². The molecule has 1 aliphatic heterocycles. The summed E-state index contributed by atoms with van der Waals surface area (Å²) >= 11 is 0. The topological polar surface area (TPSA) is 98.5 Å². The number of fused-ring (bicyclic) bond motifs is 3. The maximum absolute atomic E-state index is 13.8. The van der Waals surface area contributed by atoms with E-state index in [1.165, 1.54) is 37.4 Å². The average Bonchev–Trinajstić information content (AvgIpc) is 2.87. The second-order valence-corrected chi connectivity index (χ2v) is 8.06. The van der Waals surface area contributed by atoms with Crippen molar-refractivity contribution in [3.63, 3.8) is 0 Å². The Labute approximate surface area is 202 Å². The van der Waals surface area contributed by atoms with Crippen molar-refractivity contribution in [3.05, 3.63) is 105 Å². The molecule has 0 radical (unpaired) electrons. The summed E-state index contributed by atoms with van der Waals surface area (Å²) in [6.07, 6.45) is -4.62. The Bertz CT molecular complexity index is 1650. The molecule has 0 amide bonds. The highest BCUT2D eigenvalue weighted by molar-refractivity contribution is 5.86. The first-order chi connectivity index (χ1) is 17.2. The normalized spacial score (nSPS) is 15.2. The molecule has 3 aromatic carbocycles. The zero-order valence-electron chi connectivity index (χ0n) is 18.7. The summed E-state index contributed by atoms with van der Waals surface area (Å²) in [5, 5.41) is 10.4. The van der Waals surface area contributed by atoms with Gasteiger partial charge in [-0.2, -0.15) is 18.4 Å². The predicted octanol–water partition coefficient (Wildman–Crippen LogP) is 5.71. The minimum atomic E-state index is -4.62. The van der Waals surface area contributed by atoms with Gasteiger partial charge in [0.15, 0.2) is 5.75 Å². The number of nitrogens with two attached hydrogens (primary N) is 1. The van der Waals surface area contributed by atoms with E-state index in [9.17, 15) is 23.2 Å². The first-order valence-electron chi connectivity index (χ1n) is 10.7. The lowest BCUT2D eigenvalue weighted by Gasteiger charge is -2.26. The number of para-hydroxylation sites is 1. The maximum atomic E-state index is 13.8. The van der Waals surface area contributed by atoms with Gasteiger partial charge in [0, 0.05) is 5.56 Å². The first-order valence-corrected chi connectivity index (χ1v) is 10.7. The van der Waals surface area contributed by atoms with E-state index >= 15 is 0 Å². The molecule has 0 saturated carbocycles. The third kappa shape index (κ3) is 3.64. The van der Waals surface area contributed by atoms with Crippen LogP contribution < -0.4 is 20.8 Å². The van der Waals surface area contributed by atoms with Gasteiger partial charge in [0.1, 0.15) is 23.0 Å². The van der Waals surface area contributed by atoms with Crippen molar-refractivity contribution in [2.75, 3.05) is 7.11 Å². The van der Waals surface area contributed by atoms with Gasteiger partial charge >= 0.3 is 11.8 Å². The Hall–Kier alpha value is -4.71. The Kier molecular flexibility index (Phi) is 5.44. The van der Waals surface area contributed by atoms with Gasteiger partial charge in [-0.15, -0.1) is 0 Å². The molecule has 36 heavy (non-hydrogen) atoms. The van der Waals surface area contributed by atoms with Crippen molar-refractivity contribution >= 4 is 11.0 Å². The van der Waals surface area contributed by atoms with E-state index < -0.39 is 23.3 Å². The van der Waals surface area contributed by atoms with E-state index in [1.807, 2.05) is 6.07 Å². The van der Waals surface area contributed by atoms with Crippen LogP contribution >= 0.6 is 0 Å². The monoisotopic (exact) mass is 490 g/mol. The zero-order valence-corrected chi connectivity index (χ0v) is 18.7. The number of hydrogen-bond acceptors (Lipinski definition) is 6. The Morgan fingerprint density at radius 2 is 1.75 bits per heavy atom. The number of methoxy groups -OCH3 is 1. The van der Waals surface area contributed by atoms with Crippen molar-refractivity contribution in [1.29, 1.82) is 5.26 Å². The number of nitrogens with zero attached hydrogens (tertiary/aromatic N) is 1. The van der Waals surface area contributed by atoms with Gasteiger partial charge in [-0.3, -0.25) is 0 Å². The maximum Gasteiger partial charge on any atom is 0.417 e. The van der Waals surface area contributed by atoms with Gasteiger partial charge in [-0.1, -0.05) is 36.4 Å². The molecule has 0 spiro atoms. The quantitative estimate of drug-likeness (QED) is 0.370. The fourth-order valence-corrected chi connectivity index (χ4v) is 4.48. The molecule has 1 aromatic heterocycles.